The third-order valence-electron chi connectivity index (χ3n) is 2.99. The van der Waals surface area contributed by atoms with E-state index in [0.29, 0.717) is 12.8 Å². The lowest BCUT2D eigenvalue weighted by Crippen LogP contribution is -2.42. The Labute approximate surface area is 107 Å². The molecule has 2 unspecified atom stereocenters. The van der Waals surface area contributed by atoms with Crippen LogP contribution in [0.3, 0.4) is 0 Å². The second-order valence-corrected chi connectivity index (χ2v) is 4.40. The first-order valence-corrected chi connectivity index (χ1v) is 6.19. The van der Waals surface area contributed by atoms with E-state index in [9.17, 15) is 4.79 Å². The minimum absolute atomic E-state index is 0.203. The molecule has 0 aromatic heterocycles. The number of hydrogen-bond acceptors (Lipinski definition) is 3. The first-order chi connectivity index (χ1) is 8.74. The van der Waals surface area contributed by atoms with E-state index in [4.69, 9.17) is 10.00 Å². The van der Waals surface area contributed by atoms with Gasteiger partial charge in [-0.15, -0.1) is 0 Å². The Balaban J connectivity index is 1.95. The summed E-state index contributed by atoms with van der Waals surface area (Å²) in [7, 11) is 0. The topological polar surface area (TPSA) is 62.1 Å². The van der Waals surface area contributed by atoms with Crippen LogP contribution in [-0.4, -0.2) is 18.1 Å². The van der Waals surface area contributed by atoms with Crippen molar-refractivity contribution in [1.82, 2.24) is 5.32 Å². The van der Waals surface area contributed by atoms with Crippen LogP contribution < -0.4 is 10.1 Å². The summed E-state index contributed by atoms with van der Waals surface area (Å²) in [6.45, 7) is 1.98. The third-order valence-corrected chi connectivity index (χ3v) is 2.99. The van der Waals surface area contributed by atoms with Gasteiger partial charge in [0.2, 0.25) is 0 Å². The Hall–Kier alpha value is -2.02. The zero-order valence-electron chi connectivity index (χ0n) is 10.3. The first kappa shape index (κ1) is 12.4. The first-order valence-electron chi connectivity index (χ1n) is 6.19. The van der Waals surface area contributed by atoms with Gasteiger partial charge in [0.15, 0.2) is 6.10 Å². The molecular weight excluding hydrogens is 228 g/mol. The second-order valence-electron chi connectivity index (χ2n) is 4.40. The van der Waals surface area contributed by atoms with Crippen molar-refractivity contribution in [3.63, 3.8) is 0 Å². The summed E-state index contributed by atoms with van der Waals surface area (Å²) in [4.78, 5) is 12.0. The van der Waals surface area contributed by atoms with Gasteiger partial charge < -0.3 is 10.1 Å². The molecule has 94 valence electrons. The average Bonchev–Trinajstić information content (AvgIpc) is 2.82. The number of amides is 1. The van der Waals surface area contributed by atoms with E-state index in [2.05, 4.69) is 11.4 Å². The average molecular weight is 244 g/mol. The molecule has 0 spiro atoms. The van der Waals surface area contributed by atoms with Gasteiger partial charge in [-0.25, -0.2) is 0 Å². The van der Waals surface area contributed by atoms with E-state index in [1.165, 1.54) is 0 Å². The summed E-state index contributed by atoms with van der Waals surface area (Å²) >= 11 is 0. The molecule has 0 aliphatic carbocycles. The molecule has 2 rings (SSSR count). The molecular formula is C14H16N2O2. The predicted molar refractivity (Wildman–Crippen MR) is 67.0 cm³/mol. The van der Waals surface area contributed by atoms with Crippen molar-refractivity contribution in [1.29, 1.82) is 5.26 Å². The number of nitrogens with one attached hydrogen (secondary N) is 1. The van der Waals surface area contributed by atoms with Crippen LogP contribution in [-0.2, 0) is 11.2 Å². The van der Waals surface area contributed by atoms with Gasteiger partial charge >= 0.3 is 0 Å². The number of para-hydroxylation sites is 1. The highest BCUT2D eigenvalue weighted by molar-refractivity contribution is 5.83. The van der Waals surface area contributed by atoms with Gasteiger partial charge in [0.25, 0.3) is 5.91 Å². The molecule has 1 aromatic carbocycles. The van der Waals surface area contributed by atoms with Crippen LogP contribution in [0, 0.1) is 11.3 Å². The van der Waals surface area contributed by atoms with Crippen LogP contribution in [0.25, 0.3) is 0 Å². The van der Waals surface area contributed by atoms with Gasteiger partial charge in [-0.3, -0.25) is 4.79 Å². The largest absolute Gasteiger partial charge is 0.480 e. The van der Waals surface area contributed by atoms with E-state index < -0.39 is 12.1 Å². The zero-order valence-corrected chi connectivity index (χ0v) is 10.3. The van der Waals surface area contributed by atoms with Crippen LogP contribution in [0.2, 0.25) is 0 Å². The second kappa shape index (κ2) is 5.54. The van der Waals surface area contributed by atoms with Gasteiger partial charge in [0, 0.05) is 6.42 Å². The lowest BCUT2D eigenvalue weighted by molar-refractivity contribution is -0.127. The smallest absolute Gasteiger partial charge is 0.262 e. The summed E-state index contributed by atoms with van der Waals surface area (Å²) in [6, 6.07) is 9.29. The molecule has 1 aliphatic rings. The molecule has 18 heavy (non-hydrogen) atoms. The number of fused-ring (bicyclic) bond motifs is 1. The number of nitrogens with zero attached hydrogens (tertiary/aromatic N) is 1. The van der Waals surface area contributed by atoms with Crippen LogP contribution >= 0.6 is 0 Å². The molecule has 0 saturated heterocycles. The molecule has 4 heteroatoms. The molecule has 0 bridgehead atoms. The minimum Gasteiger partial charge on any atom is -0.480 e. The maximum absolute atomic E-state index is 12.0. The van der Waals surface area contributed by atoms with E-state index in [0.717, 1.165) is 17.7 Å². The number of rotatable bonds is 4. The number of hydrogen-bond donors (Lipinski definition) is 1. The summed E-state index contributed by atoms with van der Waals surface area (Å²) in [5, 5.41) is 11.6. The van der Waals surface area contributed by atoms with Gasteiger partial charge in [0.05, 0.1) is 6.07 Å². The third kappa shape index (κ3) is 2.62. The quantitative estimate of drug-likeness (QED) is 0.878. The summed E-state index contributed by atoms with van der Waals surface area (Å²) in [5.41, 5.74) is 1.04. The highest BCUT2D eigenvalue weighted by Gasteiger charge is 2.29. The number of carbonyl (C=O) groups is 1. The zero-order chi connectivity index (χ0) is 13.0. The lowest BCUT2D eigenvalue weighted by Gasteiger charge is -2.14. The van der Waals surface area contributed by atoms with Crippen molar-refractivity contribution in [3.8, 4) is 11.8 Å². The molecule has 0 fully saturated rings. The SMILES string of the molecule is CCCC(C#N)NC(=O)C1Cc2ccccc2O1. The molecule has 1 aromatic rings. The molecule has 2 atom stereocenters. The maximum Gasteiger partial charge on any atom is 0.262 e. The molecule has 4 nitrogen and oxygen atoms in total. The summed E-state index contributed by atoms with van der Waals surface area (Å²) in [5.74, 6) is 0.563. The van der Waals surface area contributed by atoms with Gasteiger partial charge in [-0.1, -0.05) is 31.5 Å². The normalized spacial score (nSPS) is 18.3. The fourth-order valence-corrected chi connectivity index (χ4v) is 2.05. The van der Waals surface area contributed by atoms with Crippen LogP contribution in [0.4, 0.5) is 0 Å². The Morgan fingerprint density at radius 3 is 3.06 bits per heavy atom. The Kier molecular flexibility index (Phi) is 3.83. The maximum atomic E-state index is 12.0. The molecule has 1 aliphatic heterocycles. The predicted octanol–water partition coefficient (Wildman–Crippen LogP) is 1.80. The van der Waals surface area contributed by atoms with Crippen molar-refractivity contribution in [2.24, 2.45) is 0 Å². The number of benzene rings is 1. The molecule has 1 N–H and O–H groups in total. The van der Waals surface area contributed by atoms with Crippen molar-refractivity contribution < 1.29 is 9.53 Å². The van der Waals surface area contributed by atoms with Crippen molar-refractivity contribution in [2.75, 3.05) is 0 Å². The summed E-state index contributed by atoms with van der Waals surface area (Å²) in [6.07, 6.45) is 1.61. The van der Waals surface area contributed by atoms with E-state index >= 15 is 0 Å². The van der Waals surface area contributed by atoms with Crippen LogP contribution in [0.15, 0.2) is 24.3 Å². The molecule has 0 saturated carbocycles. The Morgan fingerprint density at radius 1 is 1.61 bits per heavy atom. The van der Waals surface area contributed by atoms with Gasteiger partial charge in [-0.05, 0) is 18.1 Å². The van der Waals surface area contributed by atoms with E-state index in [-0.39, 0.29) is 5.91 Å². The van der Waals surface area contributed by atoms with Crippen LogP contribution in [0.1, 0.15) is 25.3 Å². The molecule has 0 radical (unpaired) electrons. The monoisotopic (exact) mass is 244 g/mol. The van der Waals surface area contributed by atoms with Crippen molar-refractivity contribution >= 4 is 5.91 Å². The highest BCUT2D eigenvalue weighted by Crippen LogP contribution is 2.28. The highest BCUT2D eigenvalue weighted by atomic mass is 16.5. The van der Waals surface area contributed by atoms with E-state index in [1.54, 1.807) is 0 Å². The van der Waals surface area contributed by atoms with Gasteiger partial charge in [-0.2, -0.15) is 5.26 Å². The number of ether oxygens (including phenoxy) is 1. The summed E-state index contributed by atoms with van der Waals surface area (Å²) < 4.78 is 5.57. The number of carbonyl (C=O) groups excluding carboxylic acids is 1. The number of nitriles is 1. The molecule has 1 heterocycles. The fraction of sp³-hybridized carbons (Fsp3) is 0.429. The Bertz CT molecular complexity index is 454. The van der Waals surface area contributed by atoms with Crippen molar-refractivity contribution in [2.45, 2.75) is 38.3 Å². The lowest BCUT2D eigenvalue weighted by atomic mass is 10.1. The van der Waals surface area contributed by atoms with Crippen LogP contribution in [0.5, 0.6) is 5.75 Å². The van der Waals surface area contributed by atoms with Gasteiger partial charge in [0.1, 0.15) is 11.8 Å². The molecule has 1 amide bonds. The Morgan fingerprint density at radius 2 is 2.39 bits per heavy atom. The fourth-order valence-electron chi connectivity index (χ4n) is 2.05. The standard InChI is InChI=1S/C14H16N2O2/c1-2-5-11(9-15)16-14(17)13-8-10-6-3-4-7-12(10)18-13/h3-4,6-7,11,13H,2,5,8H2,1H3,(H,16,17). The minimum atomic E-state index is -0.505. The van der Waals surface area contributed by atoms with E-state index in [1.807, 2.05) is 31.2 Å². The van der Waals surface area contributed by atoms with Crippen molar-refractivity contribution in [3.05, 3.63) is 29.8 Å².